The van der Waals surface area contributed by atoms with Crippen LogP contribution < -0.4 is 0 Å². The average Bonchev–Trinajstić information content (AvgIpc) is 3.08. The van der Waals surface area contributed by atoms with Crippen molar-refractivity contribution in [2.45, 2.75) is 31.6 Å². The summed E-state index contributed by atoms with van der Waals surface area (Å²) in [4.78, 5) is 14.6. The molecule has 1 aromatic carbocycles. The maximum Gasteiger partial charge on any atom is 0.226 e. The molecule has 1 aromatic rings. The summed E-state index contributed by atoms with van der Waals surface area (Å²) in [6, 6.07) is 6.58. The summed E-state index contributed by atoms with van der Waals surface area (Å²) in [6.07, 6.45) is 3.84. The van der Waals surface area contributed by atoms with Crippen molar-refractivity contribution in [2.75, 3.05) is 13.1 Å². The van der Waals surface area contributed by atoms with Crippen molar-refractivity contribution in [1.82, 2.24) is 4.90 Å². The lowest BCUT2D eigenvalue weighted by molar-refractivity contribution is -0.134. The lowest BCUT2D eigenvalue weighted by atomic mass is 9.88. The van der Waals surface area contributed by atoms with Gasteiger partial charge in [-0.05, 0) is 49.3 Å². The maximum atomic E-state index is 13.1. The lowest BCUT2D eigenvalue weighted by Gasteiger charge is -2.24. The third kappa shape index (κ3) is 2.49. The van der Waals surface area contributed by atoms with Gasteiger partial charge in [-0.25, -0.2) is 4.39 Å². The lowest BCUT2D eigenvalue weighted by Crippen LogP contribution is -2.34. The highest BCUT2D eigenvalue weighted by Crippen LogP contribution is 2.43. The number of amides is 1. The van der Waals surface area contributed by atoms with Gasteiger partial charge in [0.2, 0.25) is 5.91 Å². The van der Waals surface area contributed by atoms with Crippen molar-refractivity contribution in [3.05, 3.63) is 47.8 Å². The van der Waals surface area contributed by atoms with Crippen LogP contribution in [0.1, 0.15) is 37.2 Å². The Morgan fingerprint density at radius 2 is 1.80 bits per heavy atom. The summed E-state index contributed by atoms with van der Waals surface area (Å²) in [5.41, 5.74) is 2.19. The Balaban J connectivity index is 1.82. The van der Waals surface area contributed by atoms with E-state index in [0.717, 1.165) is 49.9 Å². The summed E-state index contributed by atoms with van der Waals surface area (Å²) >= 11 is 0. The van der Waals surface area contributed by atoms with Gasteiger partial charge in [-0.1, -0.05) is 24.3 Å². The van der Waals surface area contributed by atoms with Crippen molar-refractivity contribution in [3.8, 4) is 0 Å². The van der Waals surface area contributed by atoms with E-state index in [1.807, 2.05) is 17.0 Å². The molecule has 0 radical (unpaired) electrons. The first-order chi connectivity index (χ1) is 9.65. The molecule has 2 nitrogen and oxygen atoms in total. The van der Waals surface area contributed by atoms with E-state index in [0.29, 0.717) is 0 Å². The second kappa shape index (κ2) is 5.39. The van der Waals surface area contributed by atoms with Gasteiger partial charge in [0.15, 0.2) is 0 Å². The molecule has 1 saturated heterocycles. The molecule has 1 saturated carbocycles. The fourth-order valence-corrected chi connectivity index (χ4v) is 3.48. The molecule has 2 fully saturated rings. The van der Waals surface area contributed by atoms with Gasteiger partial charge in [-0.3, -0.25) is 4.79 Å². The number of halogens is 1. The first-order valence-corrected chi connectivity index (χ1v) is 7.36. The van der Waals surface area contributed by atoms with Gasteiger partial charge in [0.25, 0.3) is 0 Å². The van der Waals surface area contributed by atoms with Gasteiger partial charge in [-0.2, -0.15) is 0 Å². The molecule has 2 atom stereocenters. The molecular formula is C17H20FNO. The number of rotatable bonds is 2. The second-order valence-electron chi connectivity index (χ2n) is 5.96. The Hall–Kier alpha value is -1.64. The Morgan fingerprint density at radius 1 is 1.15 bits per heavy atom. The van der Waals surface area contributed by atoms with E-state index in [9.17, 15) is 9.18 Å². The fraction of sp³-hybridized carbons (Fsp3) is 0.471. The quantitative estimate of drug-likeness (QED) is 0.755. The van der Waals surface area contributed by atoms with Crippen molar-refractivity contribution < 1.29 is 9.18 Å². The van der Waals surface area contributed by atoms with E-state index in [-0.39, 0.29) is 23.6 Å². The molecule has 0 bridgehead atoms. The van der Waals surface area contributed by atoms with Crippen LogP contribution in [0.3, 0.4) is 0 Å². The smallest absolute Gasteiger partial charge is 0.226 e. The van der Waals surface area contributed by atoms with Crippen LogP contribution in [0.15, 0.2) is 36.4 Å². The molecule has 2 aliphatic rings. The Labute approximate surface area is 119 Å². The van der Waals surface area contributed by atoms with Crippen LogP contribution in [0.4, 0.5) is 4.39 Å². The molecule has 3 heteroatoms. The molecule has 106 valence electrons. The Morgan fingerprint density at radius 3 is 2.45 bits per heavy atom. The van der Waals surface area contributed by atoms with Crippen molar-refractivity contribution in [2.24, 2.45) is 5.92 Å². The highest BCUT2D eigenvalue weighted by Gasteiger charge is 2.38. The number of likely N-dealkylation sites (tertiary alicyclic amines) is 1. The summed E-state index contributed by atoms with van der Waals surface area (Å²) < 4.78 is 13.1. The fourth-order valence-electron chi connectivity index (χ4n) is 3.48. The average molecular weight is 273 g/mol. The van der Waals surface area contributed by atoms with Crippen LogP contribution in [-0.4, -0.2) is 23.9 Å². The predicted molar refractivity (Wildman–Crippen MR) is 76.8 cm³/mol. The number of carbonyl (C=O) groups excluding carboxylic acids is 1. The summed E-state index contributed by atoms with van der Waals surface area (Å²) in [5, 5.41) is 0. The predicted octanol–water partition coefficient (Wildman–Crippen LogP) is 3.50. The first kappa shape index (κ1) is 13.3. The van der Waals surface area contributed by atoms with Crippen LogP contribution in [0, 0.1) is 11.7 Å². The maximum absolute atomic E-state index is 13.1. The first-order valence-electron chi connectivity index (χ1n) is 7.36. The third-order valence-electron chi connectivity index (χ3n) is 4.54. The van der Waals surface area contributed by atoms with Crippen molar-refractivity contribution in [3.63, 3.8) is 0 Å². The van der Waals surface area contributed by atoms with Gasteiger partial charge in [0.1, 0.15) is 5.82 Å². The second-order valence-corrected chi connectivity index (χ2v) is 5.96. The largest absolute Gasteiger partial charge is 0.342 e. The minimum absolute atomic E-state index is 0.00828. The molecule has 0 aromatic heterocycles. The number of hydrogen-bond acceptors (Lipinski definition) is 1. The van der Waals surface area contributed by atoms with E-state index >= 15 is 0 Å². The molecule has 3 rings (SSSR count). The van der Waals surface area contributed by atoms with E-state index < -0.39 is 0 Å². The van der Waals surface area contributed by atoms with Crippen LogP contribution in [0.25, 0.3) is 0 Å². The summed E-state index contributed by atoms with van der Waals surface area (Å²) in [5.74, 6) is 0.186. The van der Waals surface area contributed by atoms with Gasteiger partial charge < -0.3 is 4.90 Å². The topological polar surface area (TPSA) is 20.3 Å². The third-order valence-corrected chi connectivity index (χ3v) is 4.54. The number of carbonyl (C=O) groups is 1. The minimum Gasteiger partial charge on any atom is -0.342 e. The number of benzene rings is 1. The molecule has 20 heavy (non-hydrogen) atoms. The van der Waals surface area contributed by atoms with Gasteiger partial charge >= 0.3 is 0 Å². The van der Waals surface area contributed by atoms with Crippen LogP contribution >= 0.6 is 0 Å². The van der Waals surface area contributed by atoms with Crippen LogP contribution in [-0.2, 0) is 4.79 Å². The zero-order valence-electron chi connectivity index (χ0n) is 11.6. The minimum atomic E-state index is -0.229. The van der Waals surface area contributed by atoms with E-state index in [1.165, 1.54) is 12.1 Å². The van der Waals surface area contributed by atoms with Gasteiger partial charge in [-0.15, -0.1) is 0 Å². The SMILES string of the molecule is C=C1C[C@H](C(=O)N2CCCC2)[C@@H](c2ccc(F)cc2)C1. The summed E-state index contributed by atoms with van der Waals surface area (Å²) in [6.45, 7) is 5.84. The number of hydrogen-bond donors (Lipinski definition) is 0. The normalized spacial score (nSPS) is 26.2. The standard InChI is InChI=1S/C17H20FNO/c1-12-10-15(13-4-6-14(18)7-5-13)16(11-12)17(20)19-8-2-3-9-19/h4-7,15-16H,1-3,8-11H2/t15-,16+/m1/s1. The number of allylic oxidation sites excluding steroid dienone is 1. The van der Waals surface area contributed by atoms with Crippen LogP contribution in [0.5, 0.6) is 0 Å². The molecular weight excluding hydrogens is 253 g/mol. The van der Waals surface area contributed by atoms with Gasteiger partial charge in [0.05, 0.1) is 0 Å². The molecule has 1 aliphatic heterocycles. The Bertz CT molecular complexity index is 516. The number of nitrogens with zero attached hydrogens (tertiary/aromatic N) is 1. The highest BCUT2D eigenvalue weighted by molar-refractivity contribution is 5.81. The zero-order valence-corrected chi connectivity index (χ0v) is 11.6. The molecule has 0 unspecified atom stereocenters. The van der Waals surface area contributed by atoms with Gasteiger partial charge in [0, 0.05) is 19.0 Å². The molecule has 0 spiro atoms. The molecule has 1 amide bonds. The Kier molecular flexibility index (Phi) is 3.60. The van der Waals surface area contributed by atoms with E-state index in [2.05, 4.69) is 6.58 Å². The van der Waals surface area contributed by atoms with Crippen molar-refractivity contribution >= 4 is 5.91 Å². The monoisotopic (exact) mass is 273 g/mol. The highest BCUT2D eigenvalue weighted by atomic mass is 19.1. The van der Waals surface area contributed by atoms with E-state index in [1.54, 1.807) is 0 Å². The van der Waals surface area contributed by atoms with Crippen LogP contribution in [0.2, 0.25) is 0 Å². The molecule has 1 heterocycles. The van der Waals surface area contributed by atoms with Crippen molar-refractivity contribution in [1.29, 1.82) is 0 Å². The molecule has 0 N–H and O–H groups in total. The zero-order chi connectivity index (χ0) is 14.1. The molecule has 1 aliphatic carbocycles. The summed E-state index contributed by atoms with van der Waals surface area (Å²) in [7, 11) is 0. The van der Waals surface area contributed by atoms with E-state index in [4.69, 9.17) is 0 Å².